The number of hydrogen-bond donors (Lipinski definition) is 0. The summed E-state index contributed by atoms with van der Waals surface area (Å²) in [5.74, 6) is 0. The van der Waals surface area contributed by atoms with E-state index in [0.717, 1.165) is 5.57 Å². The first-order chi connectivity index (χ1) is 4.57. The minimum atomic E-state index is 0.612. The van der Waals surface area contributed by atoms with Gasteiger partial charge in [0.1, 0.15) is 0 Å². The lowest BCUT2D eigenvalue weighted by atomic mass is 10.2. The standard InChI is InChI=1S/C9H13Cl/c1-5-7(2)6-8(3)9(4)10/h5-6H,4H2,1-3H3/b7-5-,8-6-. The van der Waals surface area contributed by atoms with E-state index in [9.17, 15) is 0 Å². The molecule has 0 aliphatic heterocycles. The van der Waals surface area contributed by atoms with Crippen molar-refractivity contribution in [3.63, 3.8) is 0 Å². The Morgan fingerprint density at radius 1 is 1.40 bits per heavy atom. The molecule has 0 aliphatic carbocycles. The van der Waals surface area contributed by atoms with Crippen molar-refractivity contribution < 1.29 is 0 Å². The first-order valence-corrected chi connectivity index (χ1v) is 3.61. The molecule has 0 heterocycles. The third kappa shape index (κ3) is 3.52. The van der Waals surface area contributed by atoms with Crippen molar-refractivity contribution in [2.24, 2.45) is 0 Å². The summed E-state index contributed by atoms with van der Waals surface area (Å²) >= 11 is 5.64. The van der Waals surface area contributed by atoms with Crippen LogP contribution in [0.3, 0.4) is 0 Å². The maximum absolute atomic E-state index is 5.64. The van der Waals surface area contributed by atoms with Gasteiger partial charge in [0.2, 0.25) is 0 Å². The molecule has 56 valence electrons. The molecule has 0 fully saturated rings. The highest BCUT2D eigenvalue weighted by molar-refractivity contribution is 6.31. The van der Waals surface area contributed by atoms with Gasteiger partial charge in [-0.15, -0.1) is 0 Å². The van der Waals surface area contributed by atoms with Gasteiger partial charge in [-0.05, 0) is 26.3 Å². The molecule has 0 amide bonds. The normalized spacial score (nSPS) is 13.6. The smallest absolute Gasteiger partial charge is 0.0363 e. The number of rotatable bonds is 2. The second kappa shape index (κ2) is 4.35. The molecule has 0 atom stereocenters. The summed E-state index contributed by atoms with van der Waals surface area (Å²) in [4.78, 5) is 0. The second-order valence-corrected chi connectivity index (χ2v) is 2.72. The van der Waals surface area contributed by atoms with E-state index in [-0.39, 0.29) is 0 Å². The average molecular weight is 157 g/mol. The molecule has 10 heavy (non-hydrogen) atoms. The van der Waals surface area contributed by atoms with Crippen molar-refractivity contribution in [1.82, 2.24) is 0 Å². The Balaban J connectivity index is 4.31. The Morgan fingerprint density at radius 2 is 1.90 bits per heavy atom. The van der Waals surface area contributed by atoms with Crippen LogP contribution in [-0.4, -0.2) is 0 Å². The number of hydrogen-bond acceptors (Lipinski definition) is 0. The van der Waals surface area contributed by atoms with Gasteiger partial charge in [0.25, 0.3) is 0 Å². The van der Waals surface area contributed by atoms with Crippen LogP contribution in [0.25, 0.3) is 0 Å². The Kier molecular flexibility index (Phi) is 4.13. The molecule has 0 bridgehead atoms. The first kappa shape index (κ1) is 9.51. The summed E-state index contributed by atoms with van der Waals surface area (Å²) in [6.07, 6.45) is 4.04. The zero-order valence-electron chi connectivity index (χ0n) is 6.74. The largest absolute Gasteiger partial charge is 0.0847 e. The van der Waals surface area contributed by atoms with Crippen LogP contribution < -0.4 is 0 Å². The summed E-state index contributed by atoms with van der Waals surface area (Å²) in [6.45, 7) is 9.59. The molecule has 0 radical (unpaired) electrons. The Bertz CT molecular complexity index is 185. The molecule has 0 N–H and O–H groups in total. The molecule has 1 heteroatoms. The van der Waals surface area contributed by atoms with Crippen LogP contribution in [0.1, 0.15) is 20.8 Å². The molecular weight excluding hydrogens is 144 g/mol. The van der Waals surface area contributed by atoms with Crippen molar-refractivity contribution in [1.29, 1.82) is 0 Å². The minimum absolute atomic E-state index is 0.612. The van der Waals surface area contributed by atoms with Crippen LogP contribution in [0.5, 0.6) is 0 Å². The minimum Gasteiger partial charge on any atom is -0.0847 e. The molecule has 0 rings (SSSR count). The van der Waals surface area contributed by atoms with Crippen molar-refractivity contribution in [2.75, 3.05) is 0 Å². The van der Waals surface area contributed by atoms with Gasteiger partial charge in [0.15, 0.2) is 0 Å². The van der Waals surface area contributed by atoms with Crippen molar-refractivity contribution in [2.45, 2.75) is 20.8 Å². The Labute approximate surface area is 67.9 Å². The molecule has 0 nitrogen and oxygen atoms in total. The fourth-order valence-corrected chi connectivity index (χ4v) is 0.558. The highest BCUT2D eigenvalue weighted by Gasteiger charge is 1.89. The molecule has 0 aliphatic rings. The van der Waals surface area contributed by atoms with E-state index >= 15 is 0 Å². The summed E-state index contributed by atoms with van der Waals surface area (Å²) in [5.41, 5.74) is 2.23. The van der Waals surface area contributed by atoms with Gasteiger partial charge in [-0.25, -0.2) is 0 Å². The van der Waals surface area contributed by atoms with E-state index < -0.39 is 0 Å². The SMILES string of the molecule is C=C(Cl)/C(C)=C\C(C)=C/C. The van der Waals surface area contributed by atoms with E-state index in [1.807, 2.05) is 32.9 Å². The van der Waals surface area contributed by atoms with Crippen LogP contribution in [0.4, 0.5) is 0 Å². The third-order valence-electron chi connectivity index (χ3n) is 1.33. The highest BCUT2D eigenvalue weighted by Crippen LogP contribution is 2.12. The molecule has 0 aromatic carbocycles. The van der Waals surface area contributed by atoms with E-state index in [0.29, 0.717) is 5.03 Å². The molecule has 0 saturated carbocycles. The van der Waals surface area contributed by atoms with Gasteiger partial charge in [-0.1, -0.05) is 35.9 Å². The molecule has 0 aromatic heterocycles. The fraction of sp³-hybridized carbons (Fsp3) is 0.333. The van der Waals surface area contributed by atoms with Gasteiger partial charge < -0.3 is 0 Å². The molecule has 0 saturated heterocycles. The van der Waals surface area contributed by atoms with E-state index in [4.69, 9.17) is 11.6 Å². The van der Waals surface area contributed by atoms with Crippen LogP contribution in [0.2, 0.25) is 0 Å². The second-order valence-electron chi connectivity index (χ2n) is 2.26. The van der Waals surface area contributed by atoms with E-state index in [1.54, 1.807) is 0 Å². The zero-order valence-corrected chi connectivity index (χ0v) is 7.50. The Morgan fingerprint density at radius 3 is 2.20 bits per heavy atom. The quantitative estimate of drug-likeness (QED) is 0.536. The van der Waals surface area contributed by atoms with Gasteiger partial charge in [-0.2, -0.15) is 0 Å². The molecule has 0 spiro atoms. The van der Waals surface area contributed by atoms with Gasteiger partial charge in [-0.3, -0.25) is 0 Å². The van der Waals surface area contributed by atoms with Gasteiger partial charge in [0, 0.05) is 5.03 Å². The van der Waals surface area contributed by atoms with Gasteiger partial charge >= 0.3 is 0 Å². The van der Waals surface area contributed by atoms with E-state index in [2.05, 4.69) is 6.58 Å². The van der Waals surface area contributed by atoms with Crippen molar-refractivity contribution >= 4 is 11.6 Å². The summed E-state index contributed by atoms with van der Waals surface area (Å²) in [6, 6.07) is 0. The zero-order chi connectivity index (χ0) is 8.15. The maximum atomic E-state index is 5.64. The monoisotopic (exact) mass is 156 g/mol. The maximum Gasteiger partial charge on any atom is 0.0363 e. The third-order valence-corrected chi connectivity index (χ3v) is 1.63. The van der Waals surface area contributed by atoms with Crippen LogP contribution in [0.15, 0.2) is 34.9 Å². The predicted octanol–water partition coefficient (Wildman–Crippen LogP) is 3.65. The van der Waals surface area contributed by atoms with Crippen LogP contribution in [-0.2, 0) is 0 Å². The highest BCUT2D eigenvalue weighted by atomic mass is 35.5. The fourth-order valence-electron chi connectivity index (χ4n) is 0.503. The first-order valence-electron chi connectivity index (χ1n) is 3.24. The van der Waals surface area contributed by atoms with Crippen LogP contribution >= 0.6 is 11.6 Å². The van der Waals surface area contributed by atoms with Crippen molar-refractivity contribution in [3.05, 3.63) is 34.9 Å². The topological polar surface area (TPSA) is 0 Å². The summed E-state index contributed by atoms with van der Waals surface area (Å²) in [5, 5.41) is 0.612. The summed E-state index contributed by atoms with van der Waals surface area (Å²) < 4.78 is 0. The van der Waals surface area contributed by atoms with Crippen LogP contribution in [0, 0.1) is 0 Å². The van der Waals surface area contributed by atoms with Crippen molar-refractivity contribution in [3.8, 4) is 0 Å². The molecule has 0 unspecified atom stereocenters. The average Bonchev–Trinajstić information content (AvgIpc) is 1.87. The molecular formula is C9H13Cl. The lowest BCUT2D eigenvalue weighted by molar-refractivity contribution is 1.40. The van der Waals surface area contributed by atoms with Gasteiger partial charge in [0.05, 0.1) is 0 Å². The predicted molar refractivity (Wildman–Crippen MR) is 48.2 cm³/mol. The summed E-state index contributed by atoms with van der Waals surface area (Å²) in [7, 11) is 0. The lowest BCUT2D eigenvalue weighted by Crippen LogP contribution is -1.74. The lowest BCUT2D eigenvalue weighted by Gasteiger charge is -1.95. The van der Waals surface area contributed by atoms with E-state index in [1.165, 1.54) is 5.57 Å². The number of allylic oxidation sites excluding steroid dienone is 5. The molecule has 0 aromatic rings. The Hall–Kier alpha value is -0.490. The number of halogens is 1.